The van der Waals surface area contributed by atoms with E-state index < -0.39 is 6.43 Å². The molecule has 0 aromatic heterocycles. The fraction of sp³-hybridized carbons (Fsp3) is 0.500. The third kappa shape index (κ3) is 4.68. The van der Waals surface area contributed by atoms with Crippen LogP contribution in [-0.4, -0.2) is 36.1 Å². The summed E-state index contributed by atoms with van der Waals surface area (Å²) in [7, 11) is 0. The van der Waals surface area contributed by atoms with Crippen LogP contribution in [0.5, 0.6) is 0 Å². The molecule has 0 spiro atoms. The zero-order valence-electron chi connectivity index (χ0n) is 9.37. The molecule has 0 heterocycles. The van der Waals surface area contributed by atoms with E-state index in [1.165, 1.54) is 0 Å². The Morgan fingerprint density at radius 3 is 2.69 bits per heavy atom. The van der Waals surface area contributed by atoms with Gasteiger partial charge in [-0.3, -0.25) is 4.90 Å². The van der Waals surface area contributed by atoms with E-state index in [2.05, 4.69) is 0 Å². The molecular formula is C12H17F2NO. The van der Waals surface area contributed by atoms with Crippen LogP contribution in [-0.2, 0) is 6.54 Å². The number of aliphatic hydroxyl groups excluding tert-OH is 1. The molecule has 0 fully saturated rings. The highest BCUT2D eigenvalue weighted by Gasteiger charge is 2.11. The topological polar surface area (TPSA) is 23.5 Å². The summed E-state index contributed by atoms with van der Waals surface area (Å²) >= 11 is 0. The highest BCUT2D eigenvalue weighted by molar-refractivity contribution is 5.22. The number of rotatable bonds is 6. The Hall–Kier alpha value is -1.00. The molecule has 0 amide bonds. The fourth-order valence-electron chi connectivity index (χ4n) is 1.64. The van der Waals surface area contributed by atoms with Crippen LogP contribution in [0.1, 0.15) is 11.1 Å². The maximum absolute atomic E-state index is 12.3. The van der Waals surface area contributed by atoms with Crippen molar-refractivity contribution in [3.8, 4) is 0 Å². The molecule has 0 aliphatic carbocycles. The lowest BCUT2D eigenvalue weighted by Crippen LogP contribution is -2.31. The third-order valence-electron chi connectivity index (χ3n) is 2.30. The van der Waals surface area contributed by atoms with Crippen molar-refractivity contribution < 1.29 is 13.9 Å². The van der Waals surface area contributed by atoms with Crippen molar-refractivity contribution in [2.24, 2.45) is 0 Å². The minimum atomic E-state index is -2.36. The molecule has 1 N–H and O–H groups in total. The highest BCUT2D eigenvalue weighted by atomic mass is 19.3. The summed E-state index contributed by atoms with van der Waals surface area (Å²) in [5.74, 6) is 0. The van der Waals surface area contributed by atoms with Crippen LogP contribution >= 0.6 is 0 Å². The van der Waals surface area contributed by atoms with Crippen LogP contribution in [0.2, 0.25) is 0 Å². The summed E-state index contributed by atoms with van der Waals surface area (Å²) in [4.78, 5) is 1.56. The van der Waals surface area contributed by atoms with Crippen molar-refractivity contribution >= 4 is 0 Å². The first-order chi connectivity index (χ1) is 7.61. The average Bonchev–Trinajstić information content (AvgIpc) is 2.16. The molecule has 2 nitrogen and oxygen atoms in total. The SMILES string of the molecule is Cc1cccc(CN(CCO)CC(F)F)c1. The van der Waals surface area contributed by atoms with Gasteiger partial charge in [-0.15, -0.1) is 0 Å². The Morgan fingerprint density at radius 2 is 2.12 bits per heavy atom. The van der Waals surface area contributed by atoms with E-state index in [1.807, 2.05) is 31.2 Å². The number of halogens is 2. The standard InChI is InChI=1S/C12H17F2NO/c1-10-3-2-4-11(7-10)8-15(5-6-16)9-12(13)14/h2-4,7,12,16H,5-6,8-9H2,1H3. The first-order valence-corrected chi connectivity index (χ1v) is 5.28. The van der Waals surface area contributed by atoms with Gasteiger partial charge < -0.3 is 5.11 Å². The van der Waals surface area contributed by atoms with Gasteiger partial charge in [-0.05, 0) is 12.5 Å². The number of hydrogen-bond donors (Lipinski definition) is 1. The van der Waals surface area contributed by atoms with Gasteiger partial charge in [-0.1, -0.05) is 29.8 Å². The number of nitrogens with zero attached hydrogens (tertiary/aromatic N) is 1. The molecular weight excluding hydrogens is 212 g/mol. The second-order valence-corrected chi connectivity index (χ2v) is 3.84. The molecule has 1 aromatic carbocycles. The molecule has 0 saturated carbocycles. The van der Waals surface area contributed by atoms with Crippen molar-refractivity contribution in [1.29, 1.82) is 0 Å². The number of aliphatic hydroxyl groups is 1. The summed E-state index contributed by atoms with van der Waals surface area (Å²) in [6.07, 6.45) is -2.36. The molecule has 0 aliphatic heterocycles. The Balaban J connectivity index is 2.60. The van der Waals surface area contributed by atoms with E-state index in [4.69, 9.17) is 5.11 Å². The lowest BCUT2D eigenvalue weighted by atomic mass is 10.1. The molecule has 90 valence electrons. The molecule has 1 rings (SSSR count). The van der Waals surface area contributed by atoms with Crippen molar-refractivity contribution in [2.75, 3.05) is 19.7 Å². The smallest absolute Gasteiger partial charge is 0.251 e. The van der Waals surface area contributed by atoms with Crippen LogP contribution in [0, 0.1) is 6.92 Å². The zero-order valence-corrected chi connectivity index (χ0v) is 9.37. The number of aryl methyl sites for hydroxylation is 1. The molecule has 0 radical (unpaired) electrons. The molecule has 4 heteroatoms. The fourth-order valence-corrected chi connectivity index (χ4v) is 1.64. The van der Waals surface area contributed by atoms with Gasteiger partial charge in [0.15, 0.2) is 0 Å². The van der Waals surface area contributed by atoms with E-state index in [0.717, 1.165) is 11.1 Å². The summed E-state index contributed by atoms with van der Waals surface area (Å²) in [5, 5.41) is 8.80. The normalized spacial score (nSPS) is 11.4. The average molecular weight is 229 g/mol. The van der Waals surface area contributed by atoms with Crippen LogP contribution in [0.4, 0.5) is 8.78 Å². The van der Waals surface area contributed by atoms with Gasteiger partial charge in [0.25, 0.3) is 6.43 Å². The largest absolute Gasteiger partial charge is 0.395 e. The third-order valence-corrected chi connectivity index (χ3v) is 2.30. The lowest BCUT2D eigenvalue weighted by molar-refractivity contribution is 0.0746. The van der Waals surface area contributed by atoms with Crippen molar-refractivity contribution in [3.63, 3.8) is 0 Å². The van der Waals surface area contributed by atoms with Crippen molar-refractivity contribution in [3.05, 3.63) is 35.4 Å². The van der Waals surface area contributed by atoms with Crippen LogP contribution in [0.3, 0.4) is 0 Å². The molecule has 0 unspecified atom stereocenters. The van der Waals surface area contributed by atoms with Gasteiger partial charge in [0.05, 0.1) is 13.2 Å². The van der Waals surface area contributed by atoms with E-state index in [1.54, 1.807) is 4.90 Å². The Morgan fingerprint density at radius 1 is 1.38 bits per heavy atom. The monoisotopic (exact) mass is 229 g/mol. The molecule has 0 saturated heterocycles. The second-order valence-electron chi connectivity index (χ2n) is 3.84. The van der Waals surface area contributed by atoms with Gasteiger partial charge in [-0.2, -0.15) is 0 Å². The van der Waals surface area contributed by atoms with E-state index in [-0.39, 0.29) is 19.7 Å². The van der Waals surface area contributed by atoms with Crippen LogP contribution in [0.15, 0.2) is 24.3 Å². The van der Waals surface area contributed by atoms with Crippen molar-refractivity contribution in [2.45, 2.75) is 19.9 Å². The first-order valence-electron chi connectivity index (χ1n) is 5.28. The van der Waals surface area contributed by atoms with Crippen molar-refractivity contribution in [1.82, 2.24) is 4.90 Å². The number of alkyl halides is 2. The van der Waals surface area contributed by atoms with E-state index >= 15 is 0 Å². The molecule has 16 heavy (non-hydrogen) atoms. The number of benzene rings is 1. The maximum atomic E-state index is 12.3. The van der Waals surface area contributed by atoms with Gasteiger partial charge in [0, 0.05) is 13.1 Å². The van der Waals surface area contributed by atoms with Crippen LogP contribution < -0.4 is 0 Å². The van der Waals surface area contributed by atoms with Gasteiger partial charge in [0.1, 0.15) is 0 Å². The summed E-state index contributed by atoms with van der Waals surface area (Å²) in [5.41, 5.74) is 2.10. The van der Waals surface area contributed by atoms with E-state index in [9.17, 15) is 8.78 Å². The predicted molar refractivity (Wildman–Crippen MR) is 59.5 cm³/mol. The molecule has 1 aromatic rings. The summed E-state index contributed by atoms with van der Waals surface area (Å²) in [6.45, 7) is 2.30. The molecule has 0 aliphatic rings. The highest BCUT2D eigenvalue weighted by Crippen LogP contribution is 2.09. The second kappa shape index (κ2) is 6.55. The predicted octanol–water partition coefficient (Wildman–Crippen LogP) is 2.05. The zero-order chi connectivity index (χ0) is 12.0. The van der Waals surface area contributed by atoms with Gasteiger partial charge in [-0.25, -0.2) is 8.78 Å². The van der Waals surface area contributed by atoms with E-state index in [0.29, 0.717) is 6.54 Å². The summed E-state index contributed by atoms with van der Waals surface area (Å²) < 4.78 is 24.5. The van der Waals surface area contributed by atoms with Gasteiger partial charge in [0.2, 0.25) is 0 Å². The Kier molecular flexibility index (Phi) is 5.35. The summed E-state index contributed by atoms with van der Waals surface area (Å²) in [6, 6.07) is 7.75. The number of hydrogen-bond acceptors (Lipinski definition) is 2. The van der Waals surface area contributed by atoms with Gasteiger partial charge >= 0.3 is 0 Å². The maximum Gasteiger partial charge on any atom is 0.251 e. The minimum Gasteiger partial charge on any atom is -0.395 e. The molecule has 0 atom stereocenters. The van der Waals surface area contributed by atoms with Crippen LogP contribution in [0.25, 0.3) is 0 Å². The molecule has 0 bridgehead atoms. The quantitative estimate of drug-likeness (QED) is 0.807. The lowest BCUT2D eigenvalue weighted by Gasteiger charge is -2.20. The Labute approximate surface area is 94.5 Å². The minimum absolute atomic E-state index is 0.0987. The Bertz CT molecular complexity index is 318. The first kappa shape index (κ1) is 13.1.